The largest absolute Gasteiger partial charge is 0.306 e. The van der Waals surface area contributed by atoms with Crippen molar-refractivity contribution in [1.29, 1.82) is 5.26 Å². The minimum absolute atomic E-state index is 0.0765. The van der Waals surface area contributed by atoms with Crippen molar-refractivity contribution >= 4 is 17.8 Å². The second kappa shape index (κ2) is 14.0. The number of hydrogen-bond donors (Lipinski definition) is 1. The molecule has 1 amide bonds. The molecule has 9 heteroatoms. The van der Waals surface area contributed by atoms with E-state index >= 15 is 0 Å². The molecule has 0 bridgehead atoms. The van der Waals surface area contributed by atoms with Gasteiger partial charge >= 0.3 is 0 Å². The van der Waals surface area contributed by atoms with Crippen LogP contribution >= 0.6 is 0 Å². The molecule has 2 aliphatic heterocycles. The smallest absolute Gasteiger partial charge is 0.269 e. The Kier molecular flexibility index (Phi) is 9.99. The van der Waals surface area contributed by atoms with Crippen molar-refractivity contribution in [2.24, 2.45) is 5.92 Å². The molecule has 5 rings (SSSR count). The lowest BCUT2D eigenvalue weighted by molar-refractivity contribution is 0.0940. The highest BCUT2D eigenvalue weighted by molar-refractivity contribution is 5.95. The van der Waals surface area contributed by atoms with Crippen LogP contribution < -0.4 is 10.4 Å². The number of carbonyl (C=O) groups is 1. The first-order valence-electron chi connectivity index (χ1n) is 15.2. The lowest BCUT2D eigenvalue weighted by atomic mass is 9.95. The molecule has 1 saturated carbocycles. The third kappa shape index (κ3) is 7.70. The van der Waals surface area contributed by atoms with Gasteiger partial charge in [0, 0.05) is 56.6 Å². The van der Waals surface area contributed by atoms with Gasteiger partial charge in [0.15, 0.2) is 5.82 Å². The number of rotatable bonds is 9. The Morgan fingerprint density at radius 1 is 1.05 bits per heavy atom. The average Bonchev–Trinajstić information content (AvgIpc) is 3.02. The number of aromatic nitrogens is 2. The molecule has 3 aliphatic rings. The highest BCUT2D eigenvalue weighted by Gasteiger charge is 2.27. The third-order valence-electron chi connectivity index (χ3n) is 8.95. The summed E-state index contributed by atoms with van der Waals surface area (Å²) in [5, 5.41) is 11.2. The number of piperazine rings is 1. The number of piperidine rings is 1. The Balaban J connectivity index is 1.18. The summed E-state index contributed by atoms with van der Waals surface area (Å²) in [6, 6.07) is 10.1. The molecule has 0 atom stereocenters. The van der Waals surface area contributed by atoms with E-state index in [4.69, 9.17) is 0 Å². The molecule has 2 aromatic rings. The van der Waals surface area contributed by atoms with Crippen LogP contribution in [0.25, 0.3) is 6.08 Å². The van der Waals surface area contributed by atoms with Gasteiger partial charge in [-0.1, -0.05) is 44.1 Å². The molecule has 1 aromatic heterocycles. The summed E-state index contributed by atoms with van der Waals surface area (Å²) < 4.78 is 0. The number of nitriles is 1. The van der Waals surface area contributed by atoms with Gasteiger partial charge in [-0.2, -0.15) is 10.2 Å². The van der Waals surface area contributed by atoms with Crippen LogP contribution in [0.4, 0.5) is 5.82 Å². The van der Waals surface area contributed by atoms with Crippen LogP contribution in [0.5, 0.6) is 0 Å². The number of likely N-dealkylation sites (tertiary alicyclic amines) is 1. The SMILES string of the molecule is C=Cc1cnc(C#N)nc1N(NC(=O)c1ccc(CN2CCN(CC3CCN(C)CC3)CC2)cc1)C1CCCCC1. The van der Waals surface area contributed by atoms with E-state index in [0.29, 0.717) is 16.9 Å². The van der Waals surface area contributed by atoms with E-state index in [0.717, 1.165) is 64.3 Å². The number of anilines is 1. The zero-order valence-corrected chi connectivity index (χ0v) is 24.5. The zero-order valence-electron chi connectivity index (χ0n) is 24.5. The Morgan fingerprint density at radius 2 is 1.73 bits per heavy atom. The normalized spacial score (nSPS) is 19.9. The summed E-state index contributed by atoms with van der Waals surface area (Å²) in [5.41, 5.74) is 5.63. The van der Waals surface area contributed by atoms with Gasteiger partial charge in [-0.15, -0.1) is 0 Å². The molecule has 3 fully saturated rings. The number of amides is 1. The first-order chi connectivity index (χ1) is 20.0. The molecule has 0 spiro atoms. The third-order valence-corrected chi connectivity index (χ3v) is 8.95. The minimum atomic E-state index is -0.184. The van der Waals surface area contributed by atoms with Gasteiger partial charge in [-0.05, 0) is 69.4 Å². The highest BCUT2D eigenvalue weighted by atomic mass is 16.2. The van der Waals surface area contributed by atoms with Crippen molar-refractivity contribution < 1.29 is 4.79 Å². The van der Waals surface area contributed by atoms with E-state index in [1.165, 1.54) is 44.5 Å². The molecule has 218 valence electrons. The summed E-state index contributed by atoms with van der Waals surface area (Å²) in [4.78, 5) is 29.6. The van der Waals surface area contributed by atoms with Gasteiger partial charge in [0.1, 0.15) is 6.07 Å². The number of hydrogen-bond acceptors (Lipinski definition) is 8. The van der Waals surface area contributed by atoms with E-state index in [1.54, 1.807) is 12.3 Å². The van der Waals surface area contributed by atoms with Crippen molar-refractivity contribution in [1.82, 2.24) is 30.1 Å². The second-order valence-corrected chi connectivity index (χ2v) is 11.9. The van der Waals surface area contributed by atoms with Gasteiger partial charge in [0.05, 0.1) is 6.04 Å². The van der Waals surface area contributed by atoms with Crippen LogP contribution in [-0.2, 0) is 6.54 Å². The Labute approximate surface area is 244 Å². The fourth-order valence-electron chi connectivity index (χ4n) is 6.36. The molecule has 0 radical (unpaired) electrons. The van der Waals surface area contributed by atoms with Crippen molar-refractivity contribution in [3.63, 3.8) is 0 Å². The van der Waals surface area contributed by atoms with E-state index in [9.17, 15) is 10.1 Å². The Morgan fingerprint density at radius 3 is 2.39 bits per heavy atom. The molecule has 1 aromatic carbocycles. The molecule has 3 heterocycles. The maximum Gasteiger partial charge on any atom is 0.269 e. The second-order valence-electron chi connectivity index (χ2n) is 11.9. The number of carbonyl (C=O) groups excluding carboxylic acids is 1. The number of benzene rings is 1. The first kappa shape index (κ1) is 29.2. The predicted octanol–water partition coefficient (Wildman–Crippen LogP) is 3.93. The van der Waals surface area contributed by atoms with Gasteiger partial charge < -0.3 is 9.80 Å². The maximum absolute atomic E-state index is 13.4. The monoisotopic (exact) mass is 556 g/mol. The lowest BCUT2D eigenvalue weighted by Crippen LogP contribution is -2.50. The summed E-state index contributed by atoms with van der Waals surface area (Å²) in [6.07, 6.45) is 11.2. The van der Waals surface area contributed by atoms with E-state index in [2.05, 4.69) is 55.9 Å². The van der Waals surface area contributed by atoms with Crippen LogP contribution in [0, 0.1) is 17.2 Å². The summed E-state index contributed by atoms with van der Waals surface area (Å²) in [7, 11) is 2.23. The lowest BCUT2D eigenvalue weighted by Gasteiger charge is -2.38. The fourth-order valence-corrected chi connectivity index (χ4v) is 6.36. The standard InChI is InChI=1S/C32H44N8O/c1-3-27-22-34-30(21-33)35-31(27)40(29-7-5-4-6-8-29)36-32(41)28-11-9-25(10-12-28)23-38-17-19-39(20-18-38)24-26-13-15-37(2)16-14-26/h3,9-12,22,26,29H,1,4-8,13-20,23-24H2,2H3,(H,36,41). The number of hydrazine groups is 1. The molecular formula is C32H44N8O. The van der Waals surface area contributed by atoms with Crippen LogP contribution in [0.1, 0.15) is 72.3 Å². The van der Waals surface area contributed by atoms with Gasteiger partial charge in [0.2, 0.25) is 5.82 Å². The highest BCUT2D eigenvalue weighted by Crippen LogP contribution is 2.28. The molecule has 9 nitrogen and oxygen atoms in total. The van der Waals surface area contributed by atoms with E-state index in [-0.39, 0.29) is 17.8 Å². The summed E-state index contributed by atoms with van der Waals surface area (Å²) in [6.45, 7) is 12.9. The van der Waals surface area contributed by atoms with Crippen LogP contribution in [-0.4, -0.2) is 89.5 Å². The van der Waals surface area contributed by atoms with Crippen LogP contribution in [0.2, 0.25) is 0 Å². The van der Waals surface area contributed by atoms with Crippen LogP contribution in [0.3, 0.4) is 0 Å². The minimum Gasteiger partial charge on any atom is -0.306 e. The number of nitrogens with one attached hydrogen (secondary N) is 1. The molecule has 1 aliphatic carbocycles. The van der Waals surface area contributed by atoms with Crippen molar-refractivity contribution in [3.8, 4) is 6.07 Å². The van der Waals surface area contributed by atoms with Gasteiger partial charge in [0.25, 0.3) is 5.91 Å². The molecule has 0 unspecified atom stereocenters. The van der Waals surface area contributed by atoms with Gasteiger partial charge in [-0.25, -0.2) is 4.98 Å². The molecule has 41 heavy (non-hydrogen) atoms. The molecule has 2 saturated heterocycles. The van der Waals surface area contributed by atoms with E-state index < -0.39 is 0 Å². The van der Waals surface area contributed by atoms with Crippen molar-refractivity contribution in [2.75, 3.05) is 57.9 Å². The molecular weight excluding hydrogens is 512 g/mol. The average molecular weight is 557 g/mol. The molecule has 1 N–H and O–H groups in total. The Hall–Kier alpha value is -3.32. The van der Waals surface area contributed by atoms with Gasteiger partial charge in [-0.3, -0.25) is 20.1 Å². The Bertz CT molecular complexity index is 1200. The van der Waals surface area contributed by atoms with Crippen molar-refractivity contribution in [2.45, 2.75) is 57.5 Å². The summed E-state index contributed by atoms with van der Waals surface area (Å²) >= 11 is 0. The summed E-state index contributed by atoms with van der Waals surface area (Å²) in [5.74, 6) is 1.26. The zero-order chi connectivity index (χ0) is 28.6. The predicted molar refractivity (Wildman–Crippen MR) is 162 cm³/mol. The quantitative estimate of drug-likeness (QED) is 0.465. The fraction of sp³-hybridized carbons (Fsp3) is 0.562. The van der Waals surface area contributed by atoms with E-state index in [1.807, 2.05) is 23.2 Å². The van der Waals surface area contributed by atoms with Crippen LogP contribution in [0.15, 0.2) is 37.0 Å². The maximum atomic E-state index is 13.4. The van der Waals surface area contributed by atoms with Crippen molar-refractivity contribution in [3.05, 3.63) is 59.6 Å². The topological polar surface area (TPSA) is 91.6 Å². The first-order valence-corrected chi connectivity index (χ1v) is 15.2. The number of nitrogens with zero attached hydrogens (tertiary/aromatic N) is 7.